The van der Waals surface area contributed by atoms with E-state index in [4.69, 9.17) is 5.11 Å². The number of piperazine rings is 1. The monoisotopic (exact) mass is 292 g/mol. The average molecular weight is 292 g/mol. The molecule has 0 aromatic carbocycles. The van der Waals surface area contributed by atoms with Gasteiger partial charge in [-0.2, -0.15) is 0 Å². The standard InChI is InChI=1S/C15H20N2O2S/c1-12-11-16(2)8-9-17(12)15(19)14-7-6-13(20-14)5-3-4-10-18/h6-7,12,18H,4,8-11H2,1-2H3. The van der Waals surface area contributed by atoms with Gasteiger partial charge in [0.1, 0.15) is 0 Å². The molecule has 108 valence electrons. The summed E-state index contributed by atoms with van der Waals surface area (Å²) in [4.78, 5) is 18.3. The van der Waals surface area contributed by atoms with Crippen molar-refractivity contribution in [1.29, 1.82) is 0 Å². The molecule has 1 aromatic rings. The molecule has 2 heterocycles. The Labute approximate surface area is 124 Å². The highest BCUT2D eigenvalue weighted by Gasteiger charge is 2.27. The second-order valence-corrected chi connectivity index (χ2v) is 6.13. The van der Waals surface area contributed by atoms with Gasteiger partial charge >= 0.3 is 0 Å². The number of rotatable bonds is 2. The van der Waals surface area contributed by atoms with E-state index in [9.17, 15) is 4.79 Å². The molecule has 1 aromatic heterocycles. The number of aliphatic hydroxyl groups excluding tert-OH is 1. The molecule has 0 saturated carbocycles. The summed E-state index contributed by atoms with van der Waals surface area (Å²) in [6, 6.07) is 3.97. The molecule has 4 nitrogen and oxygen atoms in total. The molecule has 1 N–H and O–H groups in total. The van der Waals surface area contributed by atoms with Crippen LogP contribution in [0.2, 0.25) is 0 Å². The largest absolute Gasteiger partial charge is 0.395 e. The zero-order valence-electron chi connectivity index (χ0n) is 11.9. The van der Waals surface area contributed by atoms with Gasteiger partial charge in [0, 0.05) is 32.1 Å². The van der Waals surface area contributed by atoms with Crippen LogP contribution in [-0.2, 0) is 0 Å². The van der Waals surface area contributed by atoms with Crippen LogP contribution in [0.25, 0.3) is 0 Å². The molecule has 0 radical (unpaired) electrons. The zero-order chi connectivity index (χ0) is 14.5. The predicted octanol–water partition coefficient (Wildman–Crippen LogP) is 1.26. The summed E-state index contributed by atoms with van der Waals surface area (Å²) in [6.07, 6.45) is 0.469. The lowest BCUT2D eigenvalue weighted by Gasteiger charge is -2.38. The fourth-order valence-corrected chi connectivity index (χ4v) is 3.15. The Morgan fingerprint density at radius 1 is 1.50 bits per heavy atom. The molecule has 1 saturated heterocycles. The fraction of sp³-hybridized carbons (Fsp3) is 0.533. The van der Waals surface area contributed by atoms with Crippen molar-refractivity contribution in [2.45, 2.75) is 19.4 Å². The summed E-state index contributed by atoms with van der Waals surface area (Å²) >= 11 is 1.43. The van der Waals surface area contributed by atoms with Crippen LogP contribution in [0, 0.1) is 11.8 Å². The van der Waals surface area contributed by atoms with E-state index in [1.807, 2.05) is 17.0 Å². The van der Waals surface area contributed by atoms with E-state index in [2.05, 4.69) is 30.7 Å². The maximum atomic E-state index is 12.5. The van der Waals surface area contributed by atoms with Gasteiger partial charge in [0.05, 0.1) is 16.4 Å². The average Bonchev–Trinajstić information content (AvgIpc) is 2.87. The van der Waals surface area contributed by atoms with Gasteiger partial charge < -0.3 is 14.9 Å². The van der Waals surface area contributed by atoms with Gasteiger partial charge in [-0.25, -0.2) is 0 Å². The molecule has 5 heteroatoms. The lowest BCUT2D eigenvalue weighted by atomic mass is 10.2. The third-order valence-electron chi connectivity index (χ3n) is 3.36. The van der Waals surface area contributed by atoms with E-state index >= 15 is 0 Å². The second kappa shape index (κ2) is 6.89. The Hall–Kier alpha value is -1.35. The van der Waals surface area contributed by atoms with Gasteiger partial charge in [-0.05, 0) is 26.1 Å². The number of hydrogen-bond acceptors (Lipinski definition) is 4. The van der Waals surface area contributed by atoms with Crippen LogP contribution >= 0.6 is 11.3 Å². The maximum Gasteiger partial charge on any atom is 0.264 e. The lowest BCUT2D eigenvalue weighted by Crippen LogP contribution is -2.52. The van der Waals surface area contributed by atoms with Crippen LogP contribution < -0.4 is 0 Å². The smallest absolute Gasteiger partial charge is 0.264 e. The van der Waals surface area contributed by atoms with E-state index < -0.39 is 0 Å². The summed E-state index contributed by atoms with van der Waals surface area (Å²) in [5.74, 6) is 5.95. The minimum Gasteiger partial charge on any atom is -0.395 e. The van der Waals surface area contributed by atoms with E-state index in [1.165, 1.54) is 11.3 Å². The van der Waals surface area contributed by atoms with Crippen LogP contribution in [0.5, 0.6) is 0 Å². The normalized spacial score (nSPS) is 19.6. The van der Waals surface area contributed by atoms with Crippen molar-refractivity contribution in [2.75, 3.05) is 33.3 Å². The van der Waals surface area contributed by atoms with E-state index in [0.29, 0.717) is 6.42 Å². The minimum absolute atomic E-state index is 0.0724. The van der Waals surface area contributed by atoms with E-state index in [1.54, 1.807) is 0 Å². The zero-order valence-corrected chi connectivity index (χ0v) is 12.7. The molecule has 20 heavy (non-hydrogen) atoms. The first-order valence-electron chi connectivity index (χ1n) is 6.81. The number of carbonyl (C=O) groups is 1. The Morgan fingerprint density at radius 2 is 2.30 bits per heavy atom. The molecule has 1 atom stereocenters. The highest BCUT2D eigenvalue weighted by atomic mass is 32.1. The van der Waals surface area contributed by atoms with Gasteiger partial charge in [-0.3, -0.25) is 4.79 Å². The number of amides is 1. The van der Waals surface area contributed by atoms with Crippen LogP contribution in [0.4, 0.5) is 0 Å². The topological polar surface area (TPSA) is 43.8 Å². The number of thiophene rings is 1. The molecule has 1 fully saturated rings. The first kappa shape index (κ1) is 15.0. The van der Waals surface area contributed by atoms with Gasteiger partial charge in [0.2, 0.25) is 0 Å². The summed E-state index contributed by atoms with van der Waals surface area (Å²) in [7, 11) is 2.08. The van der Waals surface area contributed by atoms with Crippen molar-refractivity contribution in [3.05, 3.63) is 21.9 Å². The number of hydrogen-bond donors (Lipinski definition) is 1. The van der Waals surface area contributed by atoms with Crippen molar-refractivity contribution < 1.29 is 9.90 Å². The van der Waals surface area contributed by atoms with E-state index in [0.717, 1.165) is 29.4 Å². The molecule has 1 aliphatic rings. The SMILES string of the molecule is CC1CN(C)CCN1C(=O)c1ccc(C#CCCO)s1. The Kier molecular flexibility index (Phi) is 5.18. The van der Waals surface area contributed by atoms with Crippen molar-refractivity contribution in [2.24, 2.45) is 0 Å². The van der Waals surface area contributed by atoms with Gasteiger partial charge in [0.25, 0.3) is 5.91 Å². The first-order chi connectivity index (χ1) is 9.61. The van der Waals surface area contributed by atoms with Crippen molar-refractivity contribution in [1.82, 2.24) is 9.80 Å². The summed E-state index contributed by atoms with van der Waals surface area (Å²) in [6.45, 7) is 4.77. The molecule has 0 aliphatic carbocycles. The molecule has 1 unspecified atom stereocenters. The highest BCUT2D eigenvalue weighted by Crippen LogP contribution is 2.20. The predicted molar refractivity (Wildman–Crippen MR) is 80.9 cm³/mol. The summed E-state index contributed by atoms with van der Waals surface area (Å²) in [5.41, 5.74) is 0. The van der Waals surface area contributed by atoms with Crippen LogP contribution in [0.3, 0.4) is 0 Å². The van der Waals surface area contributed by atoms with E-state index in [-0.39, 0.29) is 18.6 Å². The Balaban J connectivity index is 2.05. The van der Waals surface area contributed by atoms with Crippen LogP contribution in [0.1, 0.15) is 27.9 Å². The molecule has 1 amide bonds. The first-order valence-corrected chi connectivity index (χ1v) is 7.62. The van der Waals surface area contributed by atoms with Gasteiger partial charge in [0.15, 0.2) is 0 Å². The molecule has 0 spiro atoms. The Morgan fingerprint density at radius 3 is 3.00 bits per heavy atom. The molecular formula is C15H20N2O2S. The third kappa shape index (κ3) is 3.60. The fourth-order valence-electron chi connectivity index (χ4n) is 2.31. The molecule has 1 aliphatic heterocycles. The van der Waals surface area contributed by atoms with Gasteiger partial charge in [-0.1, -0.05) is 11.8 Å². The molecule has 2 rings (SSSR count). The summed E-state index contributed by atoms with van der Waals surface area (Å²) < 4.78 is 0. The minimum atomic E-state index is 0.0724. The number of likely N-dealkylation sites (N-methyl/N-ethyl adjacent to an activating group) is 1. The maximum absolute atomic E-state index is 12.5. The second-order valence-electron chi connectivity index (χ2n) is 5.05. The summed E-state index contributed by atoms with van der Waals surface area (Å²) in [5, 5.41) is 8.69. The molecule has 0 bridgehead atoms. The quantitative estimate of drug-likeness (QED) is 0.835. The number of nitrogens with zero attached hydrogens (tertiary/aromatic N) is 2. The Bertz CT molecular complexity index is 529. The van der Waals surface area contributed by atoms with Crippen LogP contribution in [-0.4, -0.2) is 60.1 Å². The highest BCUT2D eigenvalue weighted by molar-refractivity contribution is 7.14. The third-order valence-corrected chi connectivity index (χ3v) is 4.35. The lowest BCUT2D eigenvalue weighted by molar-refractivity contribution is 0.0538. The van der Waals surface area contributed by atoms with Crippen LogP contribution in [0.15, 0.2) is 12.1 Å². The van der Waals surface area contributed by atoms with Crippen molar-refractivity contribution in [3.8, 4) is 11.8 Å². The van der Waals surface area contributed by atoms with Gasteiger partial charge in [-0.15, -0.1) is 11.3 Å². The number of carbonyl (C=O) groups excluding carboxylic acids is 1. The van der Waals surface area contributed by atoms with Crippen molar-refractivity contribution in [3.63, 3.8) is 0 Å². The van der Waals surface area contributed by atoms with Crippen molar-refractivity contribution >= 4 is 17.2 Å². The number of aliphatic hydroxyl groups is 1. The molecular weight excluding hydrogens is 272 g/mol.